The van der Waals surface area contributed by atoms with Crippen LogP contribution in [-0.2, 0) is 4.79 Å². The lowest BCUT2D eigenvalue weighted by Crippen LogP contribution is -2.33. The summed E-state index contributed by atoms with van der Waals surface area (Å²) in [5, 5.41) is 14.5. The number of benzene rings is 3. The van der Waals surface area contributed by atoms with Crippen LogP contribution < -0.4 is 14.9 Å². The van der Waals surface area contributed by atoms with Crippen LogP contribution in [0.15, 0.2) is 70.2 Å². The highest BCUT2D eigenvalue weighted by atomic mass is 79.9. The van der Waals surface area contributed by atoms with E-state index in [9.17, 15) is 9.90 Å². The van der Waals surface area contributed by atoms with Gasteiger partial charge < -0.3 is 14.6 Å². The van der Waals surface area contributed by atoms with E-state index < -0.39 is 12.0 Å². The molecule has 0 unspecified atom stereocenters. The average Bonchev–Trinajstić information content (AvgIpc) is 2.73. The van der Waals surface area contributed by atoms with Crippen LogP contribution in [0.25, 0.3) is 0 Å². The standard InChI is InChI=1S/C22H17BrCl2N2O4/c1-13(22(29)27-26-12-14-10-15(23)2-8-20(14)28)30-17-4-6-18(7-5-17)31-21-9-3-16(24)11-19(21)25/h2-13,28H,1H3,(H,27,29)/b26-12-/t13-/m1/s1. The summed E-state index contributed by atoms with van der Waals surface area (Å²) in [4.78, 5) is 12.2. The third kappa shape index (κ3) is 6.62. The zero-order chi connectivity index (χ0) is 22.4. The minimum Gasteiger partial charge on any atom is -0.507 e. The molecule has 0 aromatic heterocycles. The van der Waals surface area contributed by atoms with Gasteiger partial charge in [-0.1, -0.05) is 39.1 Å². The second-order valence-electron chi connectivity index (χ2n) is 6.35. The van der Waals surface area contributed by atoms with Gasteiger partial charge in [0.15, 0.2) is 6.10 Å². The summed E-state index contributed by atoms with van der Waals surface area (Å²) in [5.74, 6) is 1.10. The fraction of sp³-hybridized carbons (Fsp3) is 0.0909. The maximum Gasteiger partial charge on any atom is 0.280 e. The number of phenols is 1. The highest BCUT2D eigenvalue weighted by Crippen LogP contribution is 2.32. The van der Waals surface area contributed by atoms with Gasteiger partial charge in [-0.3, -0.25) is 4.79 Å². The third-order valence-electron chi connectivity index (χ3n) is 4.00. The maximum atomic E-state index is 12.2. The molecule has 0 saturated heterocycles. The van der Waals surface area contributed by atoms with Crippen molar-refractivity contribution < 1.29 is 19.4 Å². The topological polar surface area (TPSA) is 80.2 Å². The Labute approximate surface area is 197 Å². The Kier molecular flexibility index (Phi) is 7.79. The van der Waals surface area contributed by atoms with Gasteiger partial charge in [-0.2, -0.15) is 5.10 Å². The second-order valence-corrected chi connectivity index (χ2v) is 8.10. The van der Waals surface area contributed by atoms with Crippen LogP contribution in [0.2, 0.25) is 10.0 Å². The van der Waals surface area contributed by atoms with E-state index in [1.807, 2.05) is 0 Å². The number of nitrogens with one attached hydrogen (secondary N) is 1. The summed E-state index contributed by atoms with van der Waals surface area (Å²) in [7, 11) is 0. The number of hydrazone groups is 1. The molecule has 0 aliphatic heterocycles. The lowest BCUT2D eigenvalue weighted by Gasteiger charge is -2.14. The predicted molar refractivity (Wildman–Crippen MR) is 125 cm³/mol. The first-order valence-corrected chi connectivity index (χ1v) is 10.6. The quantitative estimate of drug-likeness (QED) is 0.286. The molecule has 9 heteroatoms. The van der Waals surface area contributed by atoms with Gasteiger partial charge in [0.25, 0.3) is 5.91 Å². The van der Waals surface area contributed by atoms with Crippen molar-refractivity contribution in [1.29, 1.82) is 0 Å². The van der Waals surface area contributed by atoms with Crippen molar-refractivity contribution >= 4 is 51.3 Å². The van der Waals surface area contributed by atoms with E-state index in [2.05, 4.69) is 26.5 Å². The van der Waals surface area contributed by atoms with E-state index in [0.717, 1.165) is 4.47 Å². The highest BCUT2D eigenvalue weighted by molar-refractivity contribution is 9.10. The molecule has 31 heavy (non-hydrogen) atoms. The number of hydrogen-bond donors (Lipinski definition) is 2. The zero-order valence-corrected chi connectivity index (χ0v) is 19.3. The Morgan fingerprint density at radius 3 is 2.52 bits per heavy atom. The molecular formula is C22H17BrCl2N2O4. The monoisotopic (exact) mass is 522 g/mol. The Bertz CT molecular complexity index is 1110. The average molecular weight is 524 g/mol. The number of hydrogen-bond acceptors (Lipinski definition) is 5. The Hall–Kier alpha value is -2.74. The van der Waals surface area contributed by atoms with Gasteiger partial charge >= 0.3 is 0 Å². The van der Waals surface area contributed by atoms with E-state index in [-0.39, 0.29) is 5.75 Å². The van der Waals surface area contributed by atoms with E-state index in [4.69, 9.17) is 32.7 Å². The maximum absolute atomic E-state index is 12.2. The number of amides is 1. The lowest BCUT2D eigenvalue weighted by atomic mass is 10.2. The van der Waals surface area contributed by atoms with E-state index in [1.165, 1.54) is 12.3 Å². The number of aromatic hydroxyl groups is 1. The molecule has 0 aliphatic rings. The first kappa shape index (κ1) is 22.9. The molecule has 1 atom stereocenters. The summed E-state index contributed by atoms with van der Waals surface area (Å²) in [5.41, 5.74) is 2.84. The van der Waals surface area contributed by atoms with Gasteiger partial charge in [0.1, 0.15) is 23.0 Å². The number of carbonyl (C=O) groups is 1. The number of ether oxygens (including phenoxy) is 2. The molecule has 0 aliphatic carbocycles. The molecular weight excluding hydrogens is 507 g/mol. The minimum absolute atomic E-state index is 0.0488. The molecule has 3 aromatic carbocycles. The summed E-state index contributed by atoms with van der Waals surface area (Å²) < 4.78 is 12.1. The first-order chi connectivity index (χ1) is 14.8. The van der Waals surface area contributed by atoms with Crippen molar-refractivity contribution in [3.05, 3.63) is 80.7 Å². The van der Waals surface area contributed by atoms with Crippen molar-refractivity contribution in [2.45, 2.75) is 13.0 Å². The number of halogens is 3. The van der Waals surface area contributed by atoms with Crippen LogP contribution in [0.4, 0.5) is 0 Å². The predicted octanol–water partition coefficient (Wildman–Crippen LogP) is 6.17. The Morgan fingerprint density at radius 1 is 1.10 bits per heavy atom. The van der Waals surface area contributed by atoms with Gasteiger partial charge in [0.05, 0.1) is 11.2 Å². The molecule has 0 fully saturated rings. The SMILES string of the molecule is C[C@@H](Oc1ccc(Oc2ccc(Cl)cc2Cl)cc1)C(=O)N/N=C\c1cc(Br)ccc1O. The molecule has 0 bridgehead atoms. The number of nitrogens with zero attached hydrogens (tertiary/aromatic N) is 1. The van der Waals surface area contributed by atoms with Crippen LogP contribution in [0, 0.1) is 0 Å². The fourth-order valence-corrected chi connectivity index (χ4v) is 3.24. The van der Waals surface area contributed by atoms with E-state index >= 15 is 0 Å². The van der Waals surface area contributed by atoms with Crippen LogP contribution in [-0.4, -0.2) is 23.3 Å². The van der Waals surface area contributed by atoms with Crippen LogP contribution in [0.1, 0.15) is 12.5 Å². The molecule has 3 rings (SSSR count). The van der Waals surface area contributed by atoms with Crippen molar-refractivity contribution in [2.75, 3.05) is 0 Å². The largest absolute Gasteiger partial charge is 0.507 e. The van der Waals surface area contributed by atoms with Crippen LogP contribution in [0.3, 0.4) is 0 Å². The molecule has 0 heterocycles. The minimum atomic E-state index is -0.800. The number of carbonyl (C=O) groups excluding carboxylic acids is 1. The smallest absolute Gasteiger partial charge is 0.280 e. The fourth-order valence-electron chi connectivity index (χ4n) is 2.41. The summed E-state index contributed by atoms with van der Waals surface area (Å²) in [6.07, 6.45) is 0.546. The second kappa shape index (κ2) is 10.5. The lowest BCUT2D eigenvalue weighted by molar-refractivity contribution is -0.127. The van der Waals surface area contributed by atoms with Crippen molar-refractivity contribution in [2.24, 2.45) is 5.10 Å². The number of phenolic OH excluding ortho intramolecular Hbond substituents is 1. The van der Waals surface area contributed by atoms with Crippen LogP contribution >= 0.6 is 39.1 Å². The molecule has 1 amide bonds. The van der Waals surface area contributed by atoms with Gasteiger partial charge in [-0.25, -0.2) is 5.43 Å². The molecule has 0 radical (unpaired) electrons. The van der Waals surface area contributed by atoms with Gasteiger partial charge in [0, 0.05) is 15.1 Å². The summed E-state index contributed by atoms with van der Waals surface area (Å²) >= 11 is 15.3. The van der Waals surface area contributed by atoms with Gasteiger partial charge in [-0.05, 0) is 67.6 Å². The summed E-state index contributed by atoms with van der Waals surface area (Å²) in [6, 6.07) is 16.6. The van der Waals surface area contributed by atoms with E-state index in [1.54, 1.807) is 61.5 Å². The third-order valence-corrected chi connectivity index (χ3v) is 5.02. The molecule has 2 N–H and O–H groups in total. The molecule has 0 spiro atoms. The molecule has 3 aromatic rings. The van der Waals surface area contributed by atoms with E-state index in [0.29, 0.717) is 32.9 Å². The molecule has 6 nitrogen and oxygen atoms in total. The van der Waals surface area contributed by atoms with Crippen molar-refractivity contribution in [1.82, 2.24) is 5.43 Å². The van der Waals surface area contributed by atoms with Crippen molar-refractivity contribution in [3.8, 4) is 23.0 Å². The Morgan fingerprint density at radius 2 is 1.81 bits per heavy atom. The van der Waals surface area contributed by atoms with Gasteiger partial charge in [0.2, 0.25) is 0 Å². The normalized spacial score (nSPS) is 11.9. The van der Waals surface area contributed by atoms with Crippen LogP contribution in [0.5, 0.6) is 23.0 Å². The molecule has 160 valence electrons. The Balaban J connectivity index is 1.54. The van der Waals surface area contributed by atoms with Crippen molar-refractivity contribution in [3.63, 3.8) is 0 Å². The summed E-state index contributed by atoms with van der Waals surface area (Å²) in [6.45, 7) is 1.60. The molecule has 0 saturated carbocycles. The zero-order valence-electron chi connectivity index (χ0n) is 16.2. The van der Waals surface area contributed by atoms with Gasteiger partial charge in [-0.15, -0.1) is 0 Å². The first-order valence-electron chi connectivity index (χ1n) is 9.03. The highest BCUT2D eigenvalue weighted by Gasteiger charge is 2.14. The number of rotatable bonds is 7.